The molecule has 114 valence electrons. The minimum absolute atomic E-state index is 0.137. The smallest absolute Gasteiger partial charge is 0.229 e. The van der Waals surface area contributed by atoms with Gasteiger partial charge in [0.25, 0.3) is 0 Å². The molecule has 1 heterocycles. The molecule has 0 aliphatic heterocycles. The van der Waals surface area contributed by atoms with Gasteiger partial charge in [0, 0.05) is 12.0 Å². The molecule has 6 heteroatoms. The standard InChI is InChI=1S/C15H20BrN3O2/c1-9(2)15-18-14(19-21-15)8-20-13-5-4-11(6-10(3)17)7-12(13)16/h4-5,7,9-10H,6,8,17H2,1-3H3. The third kappa shape index (κ3) is 4.54. The maximum atomic E-state index is 5.80. The van der Waals surface area contributed by atoms with Gasteiger partial charge in [0.2, 0.25) is 11.7 Å². The summed E-state index contributed by atoms with van der Waals surface area (Å²) in [5.74, 6) is 2.14. The second-order valence-corrected chi connectivity index (χ2v) is 6.29. The van der Waals surface area contributed by atoms with E-state index in [0.717, 1.165) is 16.6 Å². The number of rotatable bonds is 6. The Kier molecular flexibility index (Phi) is 5.36. The zero-order chi connectivity index (χ0) is 15.4. The highest BCUT2D eigenvalue weighted by atomic mass is 79.9. The van der Waals surface area contributed by atoms with E-state index < -0.39 is 0 Å². The van der Waals surface area contributed by atoms with Crippen LogP contribution in [0.25, 0.3) is 0 Å². The molecular weight excluding hydrogens is 334 g/mol. The van der Waals surface area contributed by atoms with Gasteiger partial charge in [0.1, 0.15) is 5.75 Å². The molecule has 2 aromatic rings. The first-order chi connectivity index (χ1) is 9.95. The average molecular weight is 354 g/mol. The fourth-order valence-electron chi connectivity index (χ4n) is 1.86. The van der Waals surface area contributed by atoms with E-state index in [2.05, 4.69) is 26.1 Å². The first-order valence-corrected chi connectivity index (χ1v) is 7.74. The topological polar surface area (TPSA) is 74.2 Å². The van der Waals surface area contributed by atoms with Crippen molar-refractivity contribution in [3.05, 3.63) is 40.0 Å². The monoisotopic (exact) mass is 353 g/mol. The minimum atomic E-state index is 0.137. The van der Waals surface area contributed by atoms with Crippen LogP contribution in [-0.4, -0.2) is 16.2 Å². The summed E-state index contributed by atoms with van der Waals surface area (Å²) in [5.41, 5.74) is 6.97. The Balaban J connectivity index is 1.99. The quantitative estimate of drug-likeness (QED) is 0.860. The summed E-state index contributed by atoms with van der Waals surface area (Å²) in [5, 5.41) is 3.90. The molecule has 0 fully saturated rings. The van der Waals surface area contributed by atoms with Crippen molar-refractivity contribution in [2.24, 2.45) is 5.73 Å². The number of nitrogens with two attached hydrogens (primary N) is 1. The lowest BCUT2D eigenvalue weighted by Crippen LogP contribution is -2.17. The van der Waals surface area contributed by atoms with Gasteiger partial charge in [-0.1, -0.05) is 25.1 Å². The Morgan fingerprint density at radius 3 is 2.67 bits per heavy atom. The van der Waals surface area contributed by atoms with Crippen molar-refractivity contribution < 1.29 is 9.26 Å². The van der Waals surface area contributed by atoms with Crippen LogP contribution in [0.3, 0.4) is 0 Å². The zero-order valence-electron chi connectivity index (χ0n) is 12.5. The predicted molar refractivity (Wildman–Crippen MR) is 84.2 cm³/mol. The molecule has 0 bridgehead atoms. The third-order valence-electron chi connectivity index (χ3n) is 2.89. The fraction of sp³-hybridized carbons (Fsp3) is 0.467. The molecule has 0 radical (unpaired) electrons. The summed E-state index contributed by atoms with van der Waals surface area (Å²) in [6, 6.07) is 6.09. The number of benzene rings is 1. The van der Waals surface area contributed by atoms with Crippen LogP contribution in [0.4, 0.5) is 0 Å². The normalized spacial score (nSPS) is 12.7. The lowest BCUT2D eigenvalue weighted by Gasteiger charge is -2.09. The Bertz CT molecular complexity index is 596. The number of ether oxygens (including phenoxy) is 1. The van der Waals surface area contributed by atoms with Crippen LogP contribution < -0.4 is 10.5 Å². The second-order valence-electron chi connectivity index (χ2n) is 5.44. The summed E-state index contributed by atoms with van der Waals surface area (Å²) < 4.78 is 11.8. The number of nitrogens with zero attached hydrogens (tertiary/aromatic N) is 2. The Labute approximate surface area is 133 Å². The molecule has 0 aliphatic carbocycles. The summed E-state index contributed by atoms with van der Waals surface area (Å²) in [7, 11) is 0. The van der Waals surface area contributed by atoms with Crippen LogP contribution in [0.15, 0.2) is 27.2 Å². The summed E-state index contributed by atoms with van der Waals surface area (Å²) in [6.07, 6.45) is 0.835. The van der Waals surface area contributed by atoms with Crippen LogP contribution in [0.5, 0.6) is 5.75 Å². The number of hydrogen-bond acceptors (Lipinski definition) is 5. The van der Waals surface area contributed by atoms with Crippen molar-refractivity contribution in [3.8, 4) is 5.75 Å². The van der Waals surface area contributed by atoms with E-state index in [4.69, 9.17) is 15.0 Å². The molecule has 2 rings (SSSR count). The van der Waals surface area contributed by atoms with Gasteiger partial charge in [-0.3, -0.25) is 0 Å². The molecule has 1 aromatic heterocycles. The molecule has 0 aliphatic rings. The van der Waals surface area contributed by atoms with Gasteiger partial charge in [-0.15, -0.1) is 0 Å². The maximum Gasteiger partial charge on any atom is 0.229 e. The first-order valence-electron chi connectivity index (χ1n) is 6.95. The van der Waals surface area contributed by atoms with Gasteiger partial charge >= 0.3 is 0 Å². The van der Waals surface area contributed by atoms with Crippen molar-refractivity contribution in [2.75, 3.05) is 0 Å². The van der Waals surface area contributed by atoms with E-state index in [1.165, 1.54) is 5.56 Å². The fourth-order valence-corrected chi connectivity index (χ4v) is 2.40. The van der Waals surface area contributed by atoms with E-state index in [-0.39, 0.29) is 18.6 Å². The minimum Gasteiger partial charge on any atom is -0.484 e. The zero-order valence-corrected chi connectivity index (χ0v) is 14.1. The van der Waals surface area contributed by atoms with Crippen LogP contribution in [0.1, 0.15) is 44.0 Å². The van der Waals surface area contributed by atoms with E-state index in [1.807, 2.05) is 39.0 Å². The Morgan fingerprint density at radius 2 is 2.10 bits per heavy atom. The largest absolute Gasteiger partial charge is 0.484 e. The van der Waals surface area contributed by atoms with Crippen molar-refractivity contribution in [2.45, 2.75) is 45.8 Å². The third-order valence-corrected chi connectivity index (χ3v) is 3.51. The Morgan fingerprint density at radius 1 is 1.33 bits per heavy atom. The lowest BCUT2D eigenvalue weighted by atomic mass is 10.1. The molecule has 0 saturated carbocycles. The van der Waals surface area contributed by atoms with E-state index in [0.29, 0.717) is 11.7 Å². The highest BCUT2D eigenvalue weighted by Crippen LogP contribution is 2.27. The van der Waals surface area contributed by atoms with Gasteiger partial charge in [0.15, 0.2) is 6.61 Å². The molecule has 1 unspecified atom stereocenters. The number of halogens is 1. The van der Waals surface area contributed by atoms with Gasteiger partial charge in [-0.05, 0) is 47.0 Å². The van der Waals surface area contributed by atoms with Crippen molar-refractivity contribution in [1.29, 1.82) is 0 Å². The van der Waals surface area contributed by atoms with Crippen molar-refractivity contribution >= 4 is 15.9 Å². The number of hydrogen-bond donors (Lipinski definition) is 1. The molecule has 0 saturated heterocycles. The second kappa shape index (κ2) is 7.04. The maximum absolute atomic E-state index is 5.80. The van der Waals surface area contributed by atoms with Crippen molar-refractivity contribution in [3.63, 3.8) is 0 Å². The van der Waals surface area contributed by atoms with Crippen LogP contribution >= 0.6 is 15.9 Å². The highest BCUT2D eigenvalue weighted by Gasteiger charge is 2.11. The summed E-state index contributed by atoms with van der Waals surface area (Å²) in [6.45, 7) is 6.28. The Hall–Kier alpha value is -1.40. The van der Waals surface area contributed by atoms with Crippen LogP contribution in [-0.2, 0) is 13.0 Å². The SMILES string of the molecule is CC(N)Cc1ccc(OCc2noc(C(C)C)n2)c(Br)c1. The number of aromatic nitrogens is 2. The molecule has 21 heavy (non-hydrogen) atoms. The van der Waals surface area contributed by atoms with Gasteiger partial charge < -0.3 is 15.0 Å². The van der Waals surface area contributed by atoms with E-state index in [9.17, 15) is 0 Å². The molecule has 1 atom stereocenters. The lowest BCUT2D eigenvalue weighted by molar-refractivity contribution is 0.282. The average Bonchev–Trinajstić information content (AvgIpc) is 2.86. The van der Waals surface area contributed by atoms with E-state index >= 15 is 0 Å². The van der Waals surface area contributed by atoms with Gasteiger partial charge in [-0.25, -0.2) is 0 Å². The molecule has 0 spiro atoms. The molecular formula is C15H20BrN3O2. The van der Waals surface area contributed by atoms with Crippen LogP contribution in [0, 0.1) is 0 Å². The molecule has 0 amide bonds. The van der Waals surface area contributed by atoms with Crippen molar-refractivity contribution in [1.82, 2.24) is 10.1 Å². The van der Waals surface area contributed by atoms with E-state index in [1.54, 1.807) is 0 Å². The highest BCUT2D eigenvalue weighted by molar-refractivity contribution is 9.10. The predicted octanol–water partition coefficient (Wildman–Crippen LogP) is 3.42. The van der Waals surface area contributed by atoms with Crippen LogP contribution in [0.2, 0.25) is 0 Å². The van der Waals surface area contributed by atoms with Gasteiger partial charge in [0.05, 0.1) is 4.47 Å². The molecule has 5 nitrogen and oxygen atoms in total. The molecule has 1 aromatic carbocycles. The molecule has 2 N–H and O–H groups in total. The summed E-state index contributed by atoms with van der Waals surface area (Å²) in [4.78, 5) is 4.28. The van der Waals surface area contributed by atoms with Gasteiger partial charge in [-0.2, -0.15) is 4.98 Å². The summed E-state index contributed by atoms with van der Waals surface area (Å²) >= 11 is 3.51. The first kappa shape index (κ1) is 16.0.